The fraction of sp³-hybridized carbons (Fsp3) is 0.579. The van der Waals surface area contributed by atoms with Crippen molar-refractivity contribution in [3.05, 3.63) is 27.1 Å². The Labute approximate surface area is 161 Å². The highest BCUT2D eigenvalue weighted by Gasteiger charge is 2.26. The molecule has 2 heterocycles. The van der Waals surface area contributed by atoms with Gasteiger partial charge in [-0.3, -0.25) is 9.36 Å². The Kier molecular flexibility index (Phi) is 5.94. The van der Waals surface area contributed by atoms with Gasteiger partial charge in [0.05, 0.1) is 18.3 Å². The van der Waals surface area contributed by atoms with Crippen LogP contribution in [0.2, 0.25) is 0 Å². The van der Waals surface area contributed by atoms with Crippen LogP contribution in [-0.2, 0) is 14.3 Å². The maximum atomic E-state index is 13.0. The third-order valence-electron chi connectivity index (χ3n) is 4.93. The molecule has 0 aliphatic heterocycles. The zero-order valence-electron chi connectivity index (χ0n) is 15.8. The molecule has 1 fully saturated rings. The lowest BCUT2D eigenvalue weighted by Gasteiger charge is -2.24. The molecule has 0 bridgehead atoms. The van der Waals surface area contributed by atoms with Crippen LogP contribution in [0.5, 0.6) is 0 Å². The molecule has 0 unspecified atom stereocenters. The fourth-order valence-corrected chi connectivity index (χ4v) is 4.40. The Morgan fingerprint density at radius 1 is 1.33 bits per heavy atom. The van der Waals surface area contributed by atoms with Crippen LogP contribution in [0.15, 0.2) is 11.1 Å². The van der Waals surface area contributed by atoms with Crippen molar-refractivity contribution < 1.29 is 19.1 Å². The smallest absolute Gasteiger partial charge is 0.348 e. The van der Waals surface area contributed by atoms with Crippen LogP contribution in [0.1, 0.15) is 67.2 Å². The Morgan fingerprint density at radius 2 is 2.04 bits per heavy atom. The van der Waals surface area contributed by atoms with Crippen molar-refractivity contribution in [3.63, 3.8) is 0 Å². The molecule has 0 radical (unpaired) electrons. The molecule has 0 amide bonds. The highest BCUT2D eigenvalue weighted by molar-refractivity contribution is 7.20. The number of aryl methyl sites for hydroxylation is 1. The summed E-state index contributed by atoms with van der Waals surface area (Å²) >= 11 is 1.13. The topological polar surface area (TPSA) is 87.5 Å². The lowest BCUT2D eigenvalue weighted by atomic mass is 9.98. The van der Waals surface area contributed by atoms with Gasteiger partial charge in [-0.15, -0.1) is 11.3 Å². The zero-order chi connectivity index (χ0) is 19.6. The summed E-state index contributed by atoms with van der Waals surface area (Å²) in [7, 11) is 0. The Bertz CT molecular complexity index is 911. The van der Waals surface area contributed by atoms with Crippen LogP contribution in [0.3, 0.4) is 0 Å². The molecule has 7 nitrogen and oxygen atoms in total. The number of ether oxygens (including phenoxy) is 2. The standard InChI is InChI=1S/C19H24N2O5S/c1-4-25-19(24)15-11(2)14-16(27-15)20-10-21(17(14)22)12(3)18(23)26-13-8-6-5-7-9-13/h10,12-13H,4-9H2,1-3H3/t12-/m1/s1. The van der Waals surface area contributed by atoms with E-state index in [9.17, 15) is 14.4 Å². The van der Waals surface area contributed by atoms with Gasteiger partial charge in [0.1, 0.15) is 21.9 Å². The normalized spacial score (nSPS) is 16.3. The predicted octanol–water partition coefficient (Wildman–Crippen LogP) is 3.38. The number of aromatic nitrogens is 2. The summed E-state index contributed by atoms with van der Waals surface area (Å²) in [5.74, 6) is -0.891. The van der Waals surface area contributed by atoms with Crippen LogP contribution in [0, 0.1) is 6.92 Å². The van der Waals surface area contributed by atoms with E-state index in [-0.39, 0.29) is 18.3 Å². The highest BCUT2D eigenvalue weighted by Crippen LogP contribution is 2.28. The van der Waals surface area contributed by atoms with Gasteiger partial charge in [-0.05, 0) is 52.0 Å². The predicted molar refractivity (Wildman–Crippen MR) is 102 cm³/mol. The maximum Gasteiger partial charge on any atom is 0.348 e. The van der Waals surface area contributed by atoms with Crippen molar-refractivity contribution in [1.82, 2.24) is 9.55 Å². The Balaban J connectivity index is 1.89. The van der Waals surface area contributed by atoms with E-state index in [0.717, 1.165) is 37.0 Å². The first kappa shape index (κ1) is 19.5. The summed E-state index contributed by atoms with van der Waals surface area (Å²) in [6.45, 7) is 5.32. The van der Waals surface area contributed by atoms with Gasteiger partial charge in [-0.2, -0.15) is 0 Å². The van der Waals surface area contributed by atoms with Crippen LogP contribution < -0.4 is 5.56 Å². The zero-order valence-corrected chi connectivity index (χ0v) is 16.6. The largest absolute Gasteiger partial charge is 0.462 e. The summed E-state index contributed by atoms with van der Waals surface area (Å²) in [4.78, 5) is 42.6. The van der Waals surface area contributed by atoms with Gasteiger partial charge in [-0.25, -0.2) is 14.6 Å². The quantitative estimate of drug-likeness (QED) is 0.725. The van der Waals surface area contributed by atoms with Crippen LogP contribution in [-0.4, -0.2) is 34.2 Å². The molecule has 8 heteroatoms. The third kappa shape index (κ3) is 3.90. The molecule has 1 aliphatic rings. The molecule has 1 aliphatic carbocycles. The van der Waals surface area contributed by atoms with E-state index in [2.05, 4.69) is 4.98 Å². The molecule has 0 spiro atoms. The Hall–Kier alpha value is -2.22. The van der Waals surface area contributed by atoms with E-state index in [4.69, 9.17) is 9.47 Å². The van der Waals surface area contributed by atoms with Crippen molar-refractivity contribution in [2.45, 2.75) is 65.0 Å². The third-order valence-corrected chi connectivity index (χ3v) is 6.11. The molecule has 2 aromatic rings. The second-order valence-electron chi connectivity index (χ2n) is 6.79. The molecule has 2 aromatic heterocycles. The van der Waals surface area contributed by atoms with Gasteiger partial charge >= 0.3 is 11.9 Å². The van der Waals surface area contributed by atoms with E-state index in [1.54, 1.807) is 20.8 Å². The SMILES string of the molecule is CCOC(=O)c1sc2ncn([C@H](C)C(=O)OC3CCCCC3)c(=O)c2c1C. The molecular weight excluding hydrogens is 368 g/mol. The lowest BCUT2D eigenvalue weighted by Crippen LogP contribution is -2.32. The van der Waals surface area contributed by atoms with Gasteiger partial charge < -0.3 is 9.47 Å². The minimum atomic E-state index is -0.776. The van der Waals surface area contributed by atoms with Crippen molar-refractivity contribution in [1.29, 1.82) is 0 Å². The number of nitrogens with zero attached hydrogens (tertiary/aromatic N) is 2. The number of hydrogen-bond donors (Lipinski definition) is 0. The first-order valence-corrected chi connectivity index (χ1v) is 10.1. The van der Waals surface area contributed by atoms with E-state index in [0.29, 0.717) is 20.7 Å². The van der Waals surface area contributed by atoms with Crippen LogP contribution >= 0.6 is 11.3 Å². The van der Waals surface area contributed by atoms with Crippen LogP contribution in [0.4, 0.5) is 0 Å². The maximum absolute atomic E-state index is 13.0. The number of carbonyl (C=O) groups excluding carboxylic acids is 2. The molecule has 1 saturated carbocycles. The van der Waals surface area contributed by atoms with Gasteiger partial charge in [0.25, 0.3) is 5.56 Å². The molecule has 27 heavy (non-hydrogen) atoms. The van der Waals surface area contributed by atoms with Gasteiger partial charge in [0.2, 0.25) is 0 Å². The van der Waals surface area contributed by atoms with E-state index in [1.165, 1.54) is 17.3 Å². The molecular formula is C19H24N2O5S. The molecule has 0 saturated heterocycles. The monoisotopic (exact) mass is 392 g/mol. The molecule has 146 valence electrons. The second-order valence-corrected chi connectivity index (χ2v) is 7.79. The summed E-state index contributed by atoms with van der Waals surface area (Å²) in [5, 5.41) is 0.350. The van der Waals surface area contributed by atoms with Gasteiger partial charge in [0, 0.05) is 0 Å². The summed E-state index contributed by atoms with van der Waals surface area (Å²) in [6, 6.07) is -0.776. The first-order valence-electron chi connectivity index (χ1n) is 9.31. The van der Waals surface area contributed by atoms with Crippen molar-refractivity contribution in [3.8, 4) is 0 Å². The average molecular weight is 392 g/mol. The summed E-state index contributed by atoms with van der Waals surface area (Å²) in [5.41, 5.74) is 0.186. The van der Waals surface area contributed by atoms with E-state index < -0.39 is 18.0 Å². The Morgan fingerprint density at radius 3 is 2.70 bits per heavy atom. The lowest BCUT2D eigenvalue weighted by molar-refractivity contribution is -0.154. The van der Waals surface area contributed by atoms with Gasteiger partial charge in [0.15, 0.2) is 0 Å². The van der Waals surface area contributed by atoms with E-state index in [1.807, 2.05) is 0 Å². The second kappa shape index (κ2) is 8.21. The molecule has 0 N–H and O–H groups in total. The van der Waals surface area contributed by atoms with Gasteiger partial charge in [-0.1, -0.05) is 6.42 Å². The molecule has 1 atom stereocenters. The minimum Gasteiger partial charge on any atom is -0.462 e. The number of fused-ring (bicyclic) bond motifs is 1. The number of rotatable bonds is 5. The first-order chi connectivity index (χ1) is 12.9. The average Bonchev–Trinajstić information content (AvgIpc) is 3.00. The number of hydrogen-bond acceptors (Lipinski definition) is 7. The summed E-state index contributed by atoms with van der Waals surface area (Å²) in [6.07, 6.45) is 6.31. The van der Waals surface area contributed by atoms with Crippen molar-refractivity contribution in [2.24, 2.45) is 0 Å². The number of esters is 2. The molecule has 3 rings (SSSR count). The number of carbonyl (C=O) groups is 2. The van der Waals surface area contributed by atoms with E-state index >= 15 is 0 Å². The van der Waals surface area contributed by atoms with Crippen molar-refractivity contribution in [2.75, 3.05) is 6.61 Å². The number of thiophene rings is 1. The molecule has 0 aromatic carbocycles. The van der Waals surface area contributed by atoms with Crippen molar-refractivity contribution >= 4 is 33.5 Å². The summed E-state index contributed by atoms with van der Waals surface area (Å²) < 4.78 is 11.9. The minimum absolute atomic E-state index is 0.0700. The van der Waals surface area contributed by atoms with Crippen LogP contribution in [0.25, 0.3) is 10.2 Å². The highest BCUT2D eigenvalue weighted by atomic mass is 32.1. The fourth-order valence-electron chi connectivity index (χ4n) is 3.36.